The Morgan fingerprint density at radius 1 is 1.39 bits per heavy atom. The summed E-state index contributed by atoms with van der Waals surface area (Å²) in [6.07, 6.45) is 8.86. The van der Waals surface area contributed by atoms with Gasteiger partial charge in [-0.15, -0.1) is 0 Å². The summed E-state index contributed by atoms with van der Waals surface area (Å²) in [5.74, 6) is 1.10. The number of nitriles is 1. The summed E-state index contributed by atoms with van der Waals surface area (Å²) in [7, 11) is 0. The third-order valence-corrected chi connectivity index (χ3v) is 6.35. The van der Waals surface area contributed by atoms with E-state index in [0.717, 1.165) is 30.8 Å². The molecule has 4 rings (SSSR count). The molecule has 2 bridgehead atoms. The minimum absolute atomic E-state index is 0.210. The molecule has 0 aromatic carbocycles. The fraction of sp³-hybridized carbons (Fsp3) is 0.435. The first-order valence-corrected chi connectivity index (χ1v) is 11.2. The van der Waals surface area contributed by atoms with Gasteiger partial charge in [0.1, 0.15) is 17.3 Å². The number of H-pyrrole nitrogens is 1. The second-order valence-electron chi connectivity index (χ2n) is 8.45. The number of carbonyl (C=O) groups is 1. The van der Waals surface area contributed by atoms with Crippen molar-refractivity contribution in [3.63, 3.8) is 0 Å². The Morgan fingerprint density at radius 2 is 2.15 bits per heavy atom. The molecule has 2 fully saturated rings. The van der Waals surface area contributed by atoms with Gasteiger partial charge in [-0.25, -0.2) is 4.98 Å². The average molecular weight is 448 g/mol. The summed E-state index contributed by atoms with van der Waals surface area (Å²) in [4.78, 5) is 22.8. The highest BCUT2D eigenvalue weighted by Crippen LogP contribution is 2.38. The zero-order chi connectivity index (χ0) is 23.4. The summed E-state index contributed by atoms with van der Waals surface area (Å²) in [6, 6.07) is 6.86. The van der Waals surface area contributed by atoms with Crippen molar-refractivity contribution in [2.75, 3.05) is 17.2 Å². The average Bonchev–Trinajstić information content (AvgIpc) is 3.35. The van der Waals surface area contributed by atoms with Crippen molar-refractivity contribution in [1.29, 1.82) is 5.26 Å². The van der Waals surface area contributed by atoms with Crippen LogP contribution >= 0.6 is 0 Å². The number of nitrogens with one attached hydrogen (secondary N) is 3. The Kier molecular flexibility index (Phi) is 6.70. The number of fused-ring (bicyclic) bond motifs is 2. The standard InChI is InChI=1S/C23H29N9O/c1-3-5-17-18(26-2)12-20(28-21-13-19(22(25)33)30-31-21)29-23(17)27-14-10-15-6-7-16(11-14)32(15)9-4-8-24/h3,5,12-16H,2,4,6-7,9-11H2,1H3,(H2,25,33)(H3,27,28,29,30,31)/b5-3-/t14?,15-,16+. The topological polar surface area (TPSA) is 148 Å². The van der Waals surface area contributed by atoms with Crippen molar-refractivity contribution in [3.8, 4) is 6.07 Å². The number of hydrogen-bond acceptors (Lipinski definition) is 8. The number of pyridine rings is 1. The van der Waals surface area contributed by atoms with E-state index in [2.05, 4.69) is 43.5 Å². The second kappa shape index (κ2) is 9.83. The number of amides is 1. The van der Waals surface area contributed by atoms with Gasteiger partial charge in [0.15, 0.2) is 5.82 Å². The number of aromatic nitrogens is 3. The van der Waals surface area contributed by atoms with E-state index in [9.17, 15) is 4.79 Å². The Morgan fingerprint density at radius 3 is 2.76 bits per heavy atom. The zero-order valence-electron chi connectivity index (χ0n) is 18.7. The number of anilines is 3. The van der Waals surface area contributed by atoms with Crippen molar-refractivity contribution in [2.45, 2.75) is 57.2 Å². The molecule has 0 aliphatic carbocycles. The lowest BCUT2D eigenvalue weighted by Gasteiger charge is -2.39. The van der Waals surface area contributed by atoms with E-state index in [1.807, 2.05) is 19.1 Å². The fourth-order valence-corrected chi connectivity index (χ4v) is 4.95. The molecule has 2 aliphatic heterocycles. The number of nitrogens with two attached hydrogens (primary N) is 1. The maximum Gasteiger partial charge on any atom is 0.266 e. The first kappa shape index (κ1) is 22.5. The van der Waals surface area contributed by atoms with Gasteiger partial charge < -0.3 is 16.4 Å². The summed E-state index contributed by atoms with van der Waals surface area (Å²) in [6.45, 7) is 6.53. The number of rotatable bonds is 9. The lowest BCUT2D eigenvalue weighted by atomic mass is 9.96. The molecular weight excluding hydrogens is 418 g/mol. The number of allylic oxidation sites excluding steroid dienone is 1. The summed E-state index contributed by atoms with van der Waals surface area (Å²) >= 11 is 0. The number of piperidine rings is 1. The van der Waals surface area contributed by atoms with Gasteiger partial charge in [0.25, 0.3) is 5.91 Å². The quantitative estimate of drug-likeness (QED) is 0.431. The summed E-state index contributed by atoms with van der Waals surface area (Å²) < 4.78 is 0. The molecular formula is C23H29N9O. The van der Waals surface area contributed by atoms with Gasteiger partial charge in [0.05, 0.1) is 11.8 Å². The van der Waals surface area contributed by atoms with Gasteiger partial charge in [0, 0.05) is 48.8 Å². The van der Waals surface area contributed by atoms with Gasteiger partial charge in [-0.3, -0.25) is 19.8 Å². The molecule has 33 heavy (non-hydrogen) atoms. The summed E-state index contributed by atoms with van der Waals surface area (Å²) in [5, 5.41) is 22.4. The number of primary amides is 1. The highest BCUT2D eigenvalue weighted by atomic mass is 16.1. The normalized spacial score (nSPS) is 22.2. The molecule has 4 heterocycles. The fourth-order valence-electron chi connectivity index (χ4n) is 4.95. The van der Waals surface area contributed by atoms with Crippen LogP contribution in [-0.2, 0) is 0 Å². The van der Waals surface area contributed by atoms with E-state index in [1.165, 1.54) is 18.9 Å². The molecule has 1 amide bonds. The molecule has 2 aromatic heterocycles. The molecule has 0 spiro atoms. The number of aliphatic imine (C=N–C) groups is 1. The molecule has 0 radical (unpaired) electrons. The van der Waals surface area contributed by atoms with E-state index in [4.69, 9.17) is 16.0 Å². The Bertz CT molecular complexity index is 1090. The van der Waals surface area contributed by atoms with Crippen LogP contribution in [0.1, 0.15) is 55.1 Å². The van der Waals surface area contributed by atoms with Gasteiger partial charge >= 0.3 is 0 Å². The molecule has 172 valence electrons. The summed E-state index contributed by atoms with van der Waals surface area (Å²) in [5.41, 5.74) is 7.07. The third kappa shape index (κ3) is 4.88. The minimum Gasteiger partial charge on any atom is -0.367 e. The van der Waals surface area contributed by atoms with Crippen LogP contribution in [-0.4, -0.2) is 57.4 Å². The maximum absolute atomic E-state index is 11.3. The van der Waals surface area contributed by atoms with Gasteiger partial charge in [-0.05, 0) is 39.3 Å². The van der Waals surface area contributed by atoms with Crippen LogP contribution in [0.5, 0.6) is 0 Å². The largest absolute Gasteiger partial charge is 0.367 e. The van der Waals surface area contributed by atoms with Crippen LogP contribution in [0.25, 0.3) is 6.08 Å². The number of hydrogen-bond donors (Lipinski definition) is 4. The monoisotopic (exact) mass is 447 g/mol. The van der Waals surface area contributed by atoms with Crippen LogP contribution in [0, 0.1) is 11.3 Å². The van der Waals surface area contributed by atoms with Gasteiger partial charge in [-0.1, -0.05) is 12.2 Å². The van der Waals surface area contributed by atoms with E-state index >= 15 is 0 Å². The molecule has 5 N–H and O–H groups in total. The van der Waals surface area contributed by atoms with E-state index < -0.39 is 5.91 Å². The van der Waals surface area contributed by atoms with Crippen molar-refractivity contribution in [2.24, 2.45) is 10.7 Å². The Balaban J connectivity index is 1.57. The molecule has 10 heteroatoms. The van der Waals surface area contributed by atoms with Crippen LogP contribution in [0.2, 0.25) is 0 Å². The van der Waals surface area contributed by atoms with Crippen molar-refractivity contribution < 1.29 is 4.79 Å². The van der Waals surface area contributed by atoms with E-state index in [0.29, 0.717) is 35.8 Å². The van der Waals surface area contributed by atoms with E-state index in [-0.39, 0.29) is 11.7 Å². The molecule has 1 unspecified atom stereocenters. The molecule has 2 aromatic rings. The maximum atomic E-state index is 11.3. The van der Waals surface area contributed by atoms with Crippen LogP contribution < -0.4 is 16.4 Å². The van der Waals surface area contributed by atoms with Crippen LogP contribution in [0.4, 0.5) is 23.1 Å². The molecule has 10 nitrogen and oxygen atoms in total. The van der Waals surface area contributed by atoms with Gasteiger partial charge in [0.2, 0.25) is 0 Å². The number of nitrogens with zero attached hydrogens (tertiary/aromatic N) is 5. The first-order valence-electron chi connectivity index (χ1n) is 11.2. The minimum atomic E-state index is -0.585. The Hall–Kier alpha value is -3.71. The number of aromatic amines is 1. The van der Waals surface area contributed by atoms with Crippen molar-refractivity contribution in [1.82, 2.24) is 20.1 Å². The van der Waals surface area contributed by atoms with E-state index in [1.54, 1.807) is 6.07 Å². The second-order valence-corrected chi connectivity index (χ2v) is 8.45. The predicted molar refractivity (Wildman–Crippen MR) is 129 cm³/mol. The van der Waals surface area contributed by atoms with Crippen molar-refractivity contribution >= 4 is 41.8 Å². The van der Waals surface area contributed by atoms with Crippen LogP contribution in [0.3, 0.4) is 0 Å². The molecule has 0 saturated carbocycles. The SMILES string of the molecule is C=Nc1cc(Nc2cc(C(N)=O)[nH]n2)nc(NC2C[C@H]3CC[C@@H](C2)N3CCC#N)c1/C=C\C. The first-order chi connectivity index (χ1) is 16.0. The smallest absolute Gasteiger partial charge is 0.266 e. The number of carbonyl (C=O) groups excluding carboxylic acids is 1. The zero-order valence-corrected chi connectivity index (χ0v) is 18.7. The predicted octanol–water partition coefficient (Wildman–Crippen LogP) is 3.33. The highest BCUT2D eigenvalue weighted by molar-refractivity contribution is 5.91. The third-order valence-electron chi connectivity index (χ3n) is 6.35. The highest BCUT2D eigenvalue weighted by Gasteiger charge is 2.40. The lowest BCUT2D eigenvalue weighted by molar-refractivity contribution is 0.0995. The van der Waals surface area contributed by atoms with Crippen molar-refractivity contribution in [3.05, 3.63) is 29.5 Å². The molecule has 3 atom stereocenters. The van der Waals surface area contributed by atoms with Crippen LogP contribution in [0.15, 0.2) is 23.2 Å². The van der Waals surface area contributed by atoms with Gasteiger partial charge in [-0.2, -0.15) is 10.4 Å². The molecule has 2 aliphatic rings. The Labute approximate surface area is 193 Å². The lowest BCUT2D eigenvalue weighted by Crippen LogP contribution is -2.47. The molecule has 2 saturated heterocycles.